The predicted octanol–water partition coefficient (Wildman–Crippen LogP) is 3.64. The number of aryl methyl sites for hydroxylation is 1. The van der Waals surface area contributed by atoms with Crippen molar-refractivity contribution in [1.29, 1.82) is 0 Å². The van der Waals surface area contributed by atoms with Crippen LogP contribution >= 0.6 is 27.5 Å². The van der Waals surface area contributed by atoms with Gasteiger partial charge in [-0.25, -0.2) is 9.97 Å². The summed E-state index contributed by atoms with van der Waals surface area (Å²) in [4.78, 5) is 20.6. The molecule has 3 heterocycles. The van der Waals surface area contributed by atoms with Crippen LogP contribution in [0.3, 0.4) is 0 Å². The van der Waals surface area contributed by atoms with Crippen LogP contribution in [-0.2, 0) is 7.05 Å². The van der Waals surface area contributed by atoms with Gasteiger partial charge >= 0.3 is 0 Å². The maximum atomic E-state index is 12.4. The van der Waals surface area contributed by atoms with Crippen molar-refractivity contribution in [2.45, 2.75) is 0 Å². The number of pyridine rings is 2. The molecule has 0 bridgehead atoms. The highest BCUT2D eigenvalue weighted by atomic mass is 79.9. The van der Waals surface area contributed by atoms with Gasteiger partial charge in [0.15, 0.2) is 0 Å². The van der Waals surface area contributed by atoms with Gasteiger partial charge in [0.2, 0.25) is 0 Å². The van der Waals surface area contributed by atoms with E-state index in [1.165, 1.54) is 0 Å². The monoisotopic (exact) mass is 364 g/mol. The van der Waals surface area contributed by atoms with Gasteiger partial charge in [-0.15, -0.1) is 0 Å². The number of carbonyl (C=O) groups is 1. The van der Waals surface area contributed by atoms with Crippen molar-refractivity contribution in [1.82, 2.24) is 14.5 Å². The second-order valence-corrected chi connectivity index (χ2v) is 5.74. The van der Waals surface area contributed by atoms with E-state index in [0.717, 1.165) is 11.0 Å². The van der Waals surface area contributed by atoms with Gasteiger partial charge in [0.05, 0.1) is 11.3 Å². The van der Waals surface area contributed by atoms with Crippen molar-refractivity contribution >= 4 is 50.2 Å². The Morgan fingerprint density at radius 3 is 3.00 bits per heavy atom. The van der Waals surface area contributed by atoms with E-state index in [2.05, 4.69) is 31.2 Å². The fourth-order valence-corrected chi connectivity index (χ4v) is 2.57. The molecule has 0 aliphatic rings. The van der Waals surface area contributed by atoms with Gasteiger partial charge in [0.1, 0.15) is 10.8 Å². The number of anilines is 1. The average molecular weight is 366 g/mol. The molecule has 0 atom stereocenters. The number of hydrogen-bond donors (Lipinski definition) is 1. The molecular weight excluding hydrogens is 356 g/mol. The molecule has 0 saturated heterocycles. The number of nitrogens with one attached hydrogen (secondary N) is 1. The molecule has 0 spiro atoms. The maximum absolute atomic E-state index is 12.4. The first-order chi connectivity index (χ1) is 10.1. The Morgan fingerprint density at radius 1 is 1.38 bits per heavy atom. The fraction of sp³-hybridized carbons (Fsp3) is 0.0714. The van der Waals surface area contributed by atoms with Gasteiger partial charge in [-0.3, -0.25) is 4.79 Å². The first kappa shape index (κ1) is 14.0. The number of halogens is 2. The molecule has 1 N–H and O–H groups in total. The summed E-state index contributed by atoms with van der Waals surface area (Å²) in [6.07, 6.45) is 5.08. The molecule has 0 saturated carbocycles. The summed E-state index contributed by atoms with van der Waals surface area (Å²) in [6, 6.07) is 5.28. The molecule has 3 aromatic heterocycles. The number of carbonyl (C=O) groups excluding carboxylic acids is 1. The van der Waals surface area contributed by atoms with Crippen LogP contribution in [0, 0.1) is 0 Å². The first-order valence-corrected chi connectivity index (χ1v) is 7.26. The topological polar surface area (TPSA) is 59.8 Å². The standard InChI is InChI=1S/C14H10BrClN4O/c1-20-5-3-9-11(2-4-17-13(9)20)19-14(21)10-6-8(15)7-18-12(10)16/h2-7H,1H3,(H,17,19,21). The molecule has 0 unspecified atom stereocenters. The predicted molar refractivity (Wildman–Crippen MR) is 85.6 cm³/mol. The van der Waals surface area contributed by atoms with Crippen molar-refractivity contribution in [3.63, 3.8) is 0 Å². The molecule has 0 aliphatic heterocycles. The second-order valence-electron chi connectivity index (χ2n) is 4.47. The summed E-state index contributed by atoms with van der Waals surface area (Å²) in [7, 11) is 1.90. The molecule has 1 amide bonds. The van der Waals surface area contributed by atoms with E-state index in [1.807, 2.05) is 23.9 Å². The summed E-state index contributed by atoms with van der Waals surface area (Å²) < 4.78 is 2.58. The minimum Gasteiger partial charge on any atom is -0.336 e. The van der Waals surface area contributed by atoms with Gasteiger partial charge in [0.25, 0.3) is 5.91 Å². The normalized spacial score (nSPS) is 10.8. The van der Waals surface area contributed by atoms with E-state index >= 15 is 0 Å². The molecule has 7 heteroatoms. The van der Waals surface area contributed by atoms with Crippen molar-refractivity contribution < 1.29 is 4.79 Å². The van der Waals surface area contributed by atoms with E-state index in [9.17, 15) is 4.79 Å². The molecule has 0 aliphatic carbocycles. The molecule has 5 nitrogen and oxygen atoms in total. The zero-order valence-electron chi connectivity index (χ0n) is 11.0. The largest absolute Gasteiger partial charge is 0.336 e. The number of hydrogen-bond acceptors (Lipinski definition) is 3. The molecule has 0 fully saturated rings. The van der Waals surface area contributed by atoms with E-state index < -0.39 is 0 Å². The van der Waals surface area contributed by atoms with E-state index in [1.54, 1.807) is 24.5 Å². The number of nitrogens with zero attached hydrogens (tertiary/aromatic N) is 3. The SMILES string of the molecule is Cn1ccc2c(NC(=O)c3cc(Br)cnc3Cl)ccnc21. The quantitative estimate of drug-likeness (QED) is 0.705. The molecule has 3 rings (SSSR count). The summed E-state index contributed by atoms with van der Waals surface area (Å²) >= 11 is 9.25. The summed E-state index contributed by atoms with van der Waals surface area (Å²) in [6.45, 7) is 0. The average Bonchev–Trinajstić information content (AvgIpc) is 2.84. The third-order valence-electron chi connectivity index (χ3n) is 3.07. The summed E-state index contributed by atoms with van der Waals surface area (Å²) in [5, 5.41) is 3.87. The Bertz CT molecular complexity index is 846. The molecule has 106 valence electrons. The van der Waals surface area contributed by atoms with Crippen LogP contribution in [-0.4, -0.2) is 20.4 Å². The zero-order chi connectivity index (χ0) is 15.0. The van der Waals surface area contributed by atoms with Crippen molar-refractivity contribution in [2.24, 2.45) is 7.05 Å². The highest BCUT2D eigenvalue weighted by Crippen LogP contribution is 2.24. The van der Waals surface area contributed by atoms with Gasteiger partial charge in [-0.2, -0.15) is 0 Å². The van der Waals surface area contributed by atoms with Crippen LogP contribution in [0.2, 0.25) is 5.15 Å². The lowest BCUT2D eigenvalue weighted by Gasteiger charge is -2.08. The van der Waals surface area contributed by atoms with Crippen LogP contribution in [0.15, 0.2) is 41.3 Å². The summed E-state index contributed by atoms with van der Waals surface area (Å²) in [5.41, 5.74) is 1.79. The number of rotatable bonds is 2. The Morgan fingerprint density at radius 2 is 2.19 bits per heavy atom. The highest BCUT2D eigenvalue weighted by molar-refractivity contribution is 9.10. The summed E-state index contributed by atoms with van der Waals surface area (Å²) in [5.74, 6) is -0.315. The van der Waals surface area contributed by atoms with Crippen LogP contribution in [0.25, 0.3) is 11.0 Å². The second kappa shape index (κ2) is 5.46. The molecular formula is C14H10BrClN4O. The highest BCUT2D eigenvalue weighted by Gasteiger charge is 2.14. The molecule has 3 aromatic rings. The van der Waals surface area contributed by atoms with E-state index in [0.29, 0.717) is 15.7 Å². The smallest absolute Gasteiger partial charge is 0.258 e. The van der Waals surface area contributed by atoms with Gasteiger partial charge in [-0.05, 0) is 34.1 Å². The lowest BCUT2D eigenvalue weighted by molar-refractivity contribution is 0.102. The third-order valence-corrected chi connectivity index (χ3v) is 3.80. The lowest BCUT2D eigenvalue weighted by atomic mass is 10.2. The van der Waals surface area contributed by atoms with Crippen LogP contribution in [0.4, 0.5) is 5.69 Å². The third kappa shape index (κ3) is 2.64. The van der Waals surface area contributed by atoms with Gasteiger partial charge in [-0.1, -0.05) is 11.6 Å². The van der Waals surface area contributed by atoms with E-state index in [4.69, 9.17) is 11.6 Å². The van der Waals surface area contributed by atoms with Crippen molar-refractivity contribution in [2.75, 3.05) is 5.32 Å². The van der Waals surface area contributed by atoms with Crippen LogP contribution in [0.1, 0.15) is 10.4 Å². The minimum atomic E-state index is -0.315. The molecule has 0 aromatic carbocycles. The Labute approximate surface area is 134 Å². The Balaban J connectivity index is 1.98. The fourth-order valence-electron chi connectivity index (χ4n) is 2.04. The zero-order valence-corrected chi connectivity index (χ0v) is 13.3. The Hall–Kier alpha value is -1.92. The maximum Gasteiger partial charge on any atom is 0.258 e. The Kier molecular flexibility index (Phi) is 3.65. The van der Waals surface area contributed by atoms with Gasteiger partial charge in [0, 0.05) is 35.5 Å². The number of aromatic nitrogens is 3. The number of fused-ring (bicyclic) bond motifs is 1. The van der Waals surface area contributed by atoms with Crippen LogP contribution < -0.4 is 5.32 Å². The minimum absolute atomic E-state index is 0.161. The van der Waals surface area contributed by atoms with E-state index in [-0.39, 0.29) is 11.1 Å². The van der Waals surface area contributed by atoms with Gasteiger partial charge < -0.3 is 9.88 Å². The van der Waals surface area contributed by atoms with Crippen molar-refractivity contribution in [3.05, 3.63) is 52.0 Å². The molecule has 0 radical (unpaired) electrons. The first-order valence-electron chi connectivity index (χ1n) is 6.08. The number of amides is 1. The lowest BCUT2D eigenvalue weighted by Crippen LogP contribution is -2.13. The van der Waals surface area contributed by atoms with Crippen molar-refractivity contribution in [3.8, 4) is 0 Å². The van der Waals surface area contributed by atoms with Crippen LogP contribution in [0.5, 0.6) is 0 Å². The molecule has 21 heavy (non-hydrogen) atoms.